The number of halogens is 5. The van der Waals surface area contributed by atoms with E-state index in [0.29, 0.717) is 29.2 Å². The van der Waals surface area contributed by atoms with Crippen molar-refractivity contribution in [2.75, 3.05) is 23.5 Å². The van der Waals surface area contributed by atoms with Crippen LogP contribution in [0.2, 0.25) is 5.02 Å². The molecule has 3 aliphatic rings. The molecule has 2 aliphatic heterocycles. The maximum atomic E-state index is 14.4. The van der Waals surface area contributed by atoms with Crippen LogP contribution >= 0.6 is 11.6 Å². The van der Waals surface area contributed by atoms with Gasteiger partial charge in [-0.15, -0.1) is 5.10 Å². The zero-order valence-electron chi connectivity index (χ0n) is 16.8. The van der Waals surface area contributed by atoms with Crippen LogP contribution in [0.5, 0.6) is 0 Å². The zero-order chi connectivity index (χ0) is 22.7. The first-order valence-electron chi connectivity index (χ1n) is 9.78. The van der Waals surface area contributed by atoms with Gasteiger partial charge in [0.2, 0.25) is 0 Å². The van der Waals surface area contributed by atoms with Gasteiger partial charge in [0.1, 0.15) is 23.7 Å². The molecule has 2 aromatic carbocycles. The van der Waals surface area contributed by atoms with Gasteiger partial charge < -0.3 is 4.90 Å². The molecule has 32 heavy (non-hydrogen) atoms. The fourth-order valence-electron chi connectivity index (χ4n) is 3.67. The van der Waals surface area contributed by atoms with E-state index in [-0.39, 0.29) is 18.4 Å². The minimum absolute atomic E-state index is 0.0334. The summed E-state index contributed by atoms with van der Waals surface area (Å²) in [5.41, 5.74) is 2.99. The number of hydrogen-bond donors (Lipinski definition) is 1. The molecule has 5 nitrogen and oxygen atoms in total. The van der Waals surface area contributed by atoms with Gasteiger partial charge in [-0.2, -0.15) is 18.2 Å². The lowest BCUT2D eigenvalue weighted by Gasteiger charge is -2.30. The number of nitrogens with zero attached hydrogens (tertiary/aromatic N) is 4. The molecule has 1 N–H and O–H groups in total. The van der Waals surface area contributed by atoms with E-state index in [2.05, 4.69) is 27.4 Å². The Kier molecular flexibility index (Phi) is 4.60. The quantitative estimate of drug-likeness (QED) is 0.494. The Balaban J connectivity index is 1.53. The standard InChI is InChI=1S/C22H16ClF4N5/c1-31(19-17-3-2-14(23)10-18(17)32-12-28-30-20(32)29-19)16-9-13(8-15(24)11-16)4-5-21(6-7-21)22(25,26)27/h2-3,8-11,28H,6-7,12H2,1H3. The molecule has 1 saturated carbocycles. The van der Waals surface area contributed by atoms with E-state index in [9.17, 15) is 17.6 Å². The molecule has 0 saturated heterocycles. The Hall–Kier alpha value is -3.25. The molecule has 2 heterocycles. The lowest BCUT2D eigenvalue weighted by atomic mass is 10.1. The van der Waals surface area contributed by atoms with Gasteiger partial charge in [-0.25, -0.2) is 4.39 Å². The van der Waals surface area contributed by atoms with Crippen molar-refractivity contribution in [3.63, 3.8) is 0 Å². The van der Waals surface area contributed by atoms with Crippen LogP contribution in [0.3, 0.4) is 0 Å². The highest BCUT2D eigenvalue weighted by molar-refractivity contribution is 6.32. The summed E-state index contributed by atoms with van der Waals surface area (Å²) in [5, 5.41) is 4.71. The van der Waals surface area contributed by atoms with Gasteiger partial charge in [0.15, 0.2) is 0 Å². The van der Waals surface area contributed by atoms with Crippen LogP contribution in [0.25, 0.3) is 0 Å². The van der Waals surface area contributed by atoms with Gasteiger partial charge in [-0.05, 0) is 49.2 Å². The predicted octanol–water partition coefficient (Wildman–Crippen LogP) is 4.71. The third-order valence-corrected chi connectivity index (χ3v) is 5.91. The van der Waals surface area contributed by atoms with E-state index in [1.807, 2.05) is 11.0 Å². The van der Waals surface area contributed by atoms with Crippen molar-refractivity contribution in [2.24, 2.45) is 15.5 Å². The first kappa shape index (κ1) is 20.6. The summed E-state index contributed by atoms with van der Waals surface area (Å²) in [6.45, 7) is 0.434. The Labute approximate surface area is 186 Å². The Morgan fingerprint density at radius 3 is 2.69 bits per heavy atom. The van der Waals surface area contributed by atoms with Crippen LogP contribution in [-0.4, -0.2) is 31.7 Å². The molecular formula is C22H16ClF4N5. The maximum Gasteiger partial charge on any atom is 0.405 e. The van der Waals surface area contributed by atoms with E-state index >= 15 is 0 Å². The summed E-state index contributed by atoms with van der Waals surface area (Å²) >= 11 is 6.18. The normalized spacial score (nSPS) is 17.9. The van der Waals surface area contributed by atoms with Gasteiger partial charge >= 0.3 is 6.18 Å². The number of alkyl halides is 3. The number of anilines is 2. The monoisotopic (exact) mass is 461 g/mol. The second-order valence-corrected chi connectivity index (χ2v) is 8.28. The minimum Gasteiger partial charge on any atom is -0.329 e. The first-order chi connectivity index (χ1) is 15.2. The van der Waals surface area contributed by atoms with Gasteiger partial charge in [0, 0.05) is 28.9 Å². The third-order valence-electron chi connectivity index (χ3n) is 5.67. The van der Waals surface area contributed by atoms with Gasteiger partial charge in [-0.1, -0.05) is 23.4 Å². The molecule has 0 bridgehead atoms. The average molecular weight is 462 g/mol. The smallest absolute Gasteiger partial charge is 0.329 e. The lowest BCUT2D eigenvalue weighted by molar-refractivity contribution is -0.168. The number of nitrogens with one attached hydrogen (secondary N) is 1. The molecule has 164 valence electrons. The molecule has 10 heteroatoms. The number of rotatable bonds is 1. The third kappa shape index (κ3) is 3.45. The number of aliphatic imine (C=N–C) groups is 1. The van der Waals surface area contributed by atoms with Gasteiger partial charge in [-0.3, -0.25) is 10.3 Å². The molecule has 0 aromatic heterocycles. The minimum atomic E-state index is -4.39. The molecule has 5 rings (SSSR count). The summed E-state index contributed by atoms with van der Waals surface area (Å²) in [5.74, 6) is 5.15. The molecule has 0 atom stereocenters. The van der Waals surface area contributed by atoms with Crippen molar-refractivity contribution in [3.05, 3.63) is 58.4 Å². The van der Waals surface area contributed by atoms with E-state index in [0.717, 1.165) is 17.3 Å². The van der Waals surface area contributed by atoms with Crippen molar-refractivity contribution in [2.45, 2.75) is 19.0 Å². The van der Waals surface area contributed by atoms with Crippen molar-refractivity contribution in [1.82, 2.24) is 5.43 Å². The SMILES string of the molecule is CN(C1=NC2=NNCN2c2cc(Cl)ccc21)c1cc(F)cc(C#CC2(C(F)(F)F)CC2)c1. The highest BCUT2D eigenvalue weighted by atomic mass is 35.5. The number of hydrazone groups is 1. The largest absolute Gasteiger partial charge is 0.405 e. The van der Waals surface area contributed by atoms with E-state index in [1.54, 1.807) is 30.1 Å². The predicted molar refractivity (Wildman–Crippen MR) is 115 cm³/mol. The van der Waals surface area contributed by atoms with Crippen molar-refractivity contribution in [1.29, 1.82) is 0 Å². The molecule has 1 fully saturated rings. The van der Waals surface area contributed by atoms with Crippen LogP contribution in [0.4, 0.5) is 28.9 Å². The second kappa shape index (κ2) is 7.14. The van der Waals surface area contributed by atoms with Crippen molar-refractivity contribution < 1.29 is 17.6 Å². The Bertz CT molecular complexity index is 1240. The number of amidine groups is 1. The zero-order valence-corrected chi connectivity index (χ0v) is 17.5. The van der Waals surface area contributed by atoms with Crippen molar-refractivity contribution in [3.8, 4) is 11.8 Å². The van der Waals surface area contributed by atoms with E-state index in [4.69, 9.17) is 11.6 Å². The van der Waals surface area contributed by atoms with Crippen LogP contribution in [-0.2, 0) is 0 Å². The number of fused-ring (bicyclic) bond motifs is 3. The number of guanidine groups is 1. The fraction of sp³-hybridized carbons (Fsp3) is 0.273. The second-order valence-electron chi connectivity index (χ2n) is 7.84. The highest BCUT2D eigenvalue weighted by Crippen LogP contribution is 2.57. The molecule has 0 amide bonds. The van der Waals surface area contributed by atoms with Gasteiger partial charge in [0.25, 0.3) is 5.96 Å². The Morgan fingerprint density at radius 2 is 1.97 bits per heavy atom. The van der Waals surface area contributed by atoms with Crippen LogP contribution in [0, 0.1) is 23.1 Å². The molecule has 2 aromatic rings. The lowest BCUT2D eigenvalue weighted by Crippen LogP contribution is -2.39. The summed E-state index contributed by atoms with van der Waals surface area (Å²) in [7, 11) is 1.69. The average Bonchev–Trinajstić information content (AvgIpc) is 3.40. The molecule has 1 aliphatic carbocycles. The number of hydrogen-bond acceptors (Lipinski definition) is 5. The molecule has 0 radical (unpaired) electrons. The Morgan fingerprint density at radius 1 is 1.19 bits per heavy atom. The first-order valence-corrected chi connectivity index (χ1v) is 10.2. The molecular weight excluding hydrogens is 446 g/mol. The summed E-state index contributed by atoms with van der Waals surface area (Å²) in [6.07, 6.45) is -4.46. The molecule has 0 unspecified atom stereocenters. The van der Waals surface area contributed by atoms with Gasteiger partial charge in [0.05, 0.1) is 5.69 Å². The van der Waals surface area contributed by atoms with Crippen LogP contribution < -0.4 is 15.2 Å². The summed E-state index contributed by atoms with van der Waals surface area (Å²) in [4.78, 5) is 8.09. The summed E-state index contributed by atoms with van der Waals surface area (Å²) < 4.78 is 53.9. The topological polar surface area (TPSA) is 43.2 Å². The highest BCUT2D eigenvalue weighted by Gasteiger charge is 2.62. The number of benzene rings is 2. The molecule has 0 spiro atoms. The van der Waals surface area contributed by atoms with Crippen LogP contribution in [0.15, 0.2) is 46.5 Å². The summed E-state index contributed by atoms with van der Waals surface area (Å²) in [6, 6.07) is 9.27. The van der Waals surface area contributed by atoms with E-state index in [1.165, 1.54) is 6.07 Å². The fourth-order valence-corrected chi connectivity index (χ4v) is 3.84. The van der Waals surface area contributed by atoms with E-state index < -0.39 is 17.4 Å². The van der Waals surface area contributed by atoms with Crippen molar-refractivity contribution >= 4 is 34.8 Å². The van der Waals surface area contributed by atoms with Crippen LogP contribution in [0.1, 0.15) is 24.0 Å². The maximum absolute atomic E-state index is 14.4.